The van der Waals surface area contributed by atoms with Gasteiger partial charge in [-0.15, -0.1) is 0 Å². The van der Waals surface area contributed by atoms with Crippen LogP contribution in [0.3, 0.4) is 0 Å². The van der Waals surface area contributed by atoms with Gasteiger partial charge < -0.3 is 9.64 Å². The second-order valence-electron chi connectivity index (χ2n) is 5.57. The summed E-state index contributed by atoms with van der Waals surface area (Å²) < 4.78 is 5.75. The minimum absolute atomic E-state index is 0.0976. The van der Waals surface area contributed by atoms with Crippen molar-refractivity contribution in [2.24, 2.45) is 0 Å². The zero-order valence-electron chi connectivity index (χ0n) is 13.7. The molecule has 0 saturated carbocycles. The first-order chi connectivity index (χ1) is 12.0. The van der Waals surface area contributed by atoms with E-state index in [2.05, 4.69) is 22.5 Å². The van der Waals surface area contributed by atoms with Gasteiger partial charge in [-0.3, -0.25) is 4.79 Å². The maximum absolute atomic E-state index is 12.6. The Bertz CT molecular complexity index is 866. The highest BCUT2D eigenvalue weighted by Gasteiger charge is 2.32. The van der Waals surface area contributed by atoms with E-state index >= 15 is 0 Å². The number of carbonyl (C=O) groups excluding carboxylic acids is 2. The van der Waals surface area contributed by atoms with Crippen LogP contribution in [0.2, 0.25) is 0 Å². The summed E-state index contributed by atoms with van der Waals surface area (Å²) in [4.78, 5) is 26.4. The van der Waals surface area contributed by atoms with Crippen LogP contribution in [0.4, 0.5) is 0 Å². The molecule has 1 aliphatic rings. The molecule has 0 spiro atoms. The number of hydrogen-bond donors (Lipinski definition) is 0. The van der Waals surface area contributed by atoms with Gasteiger partial charge in [0.25, 0.3) is 5.91 Å². The van der Waals surface area contributed by atoms with Gasteiger partial charge >= 0.3 is 5.97 Å². The number of methoxy groups -OCH3 is 1. The van der Waals surface area contributed by atoms with Crippen LogP contribution in [0.25, 0.3) is 11.8 Å². The molecule has 1 amide bonds. The quantitative estimate of drug-likeness (QED) is 0.575. The van der Waals surface area contributed by atoms with Crippen molar-refractivity contribution in [2.75, 3.05) is 13.7 Å². The number of hydrogen-bond acceptors (Lipinski definition) is 3. The number of nitrogens with zero attached hydrogens (tertiary/aromatic N) is 1. The van der Waals surface area contributed by atoms with E-state index in [1.807, 2.05) is 42.5 Å². The minimum atomic E-state index is -0.479. The number of amides is 1. The predicted octanol–water partition coefficient (Wildman–Crippen LogP) is 4.13. The Balaban J connectivity index is 1.95. The lowest BCUT2D eigenvalue weighted by molar-refractivity contribution is -0.136. The van der Waals surface area contributed by atoms with Crippen molar-refractivity contribution < 1.29 is 14.3 Å². The van der Waals surface area contributed by atoms with Crippen LogP contribution in [0.1, 0.15) is 21.5 Å². The largest absolute Gasteiger partial charge is 0.466 e. The summed E-state index contributed by atoms with van der Waals surface area (Å²) in [6.07, 6.45) is 1.72. The summed E-state index contributed by atoms with van der Waals surface area (Å²) in [5, 5.41) is 0. The Hall–Kier alpha value is -2.66. The monoisotopic (exact) mass is 397 g/mol. The average Bonchev–Trinajstić information content (AvgIpc) is 2.87. The third kappa shape index (κ3) is 3.28. The molecule has 0 N–H and O–H groups in total. The van der Waals surface area contributed by atoms with Crippen LogP contribution in [0, 0.1) is 0 Å². The molecule has 0 radical (unpaired) electrons. The van der Waals surface area contributed by atoms with E-state index in [1.54, 1.807) is 12.1 Å². The molecule has 25 heavy (non-hydrogen) atoms. The molecule has 4 nitrogen and oxygen atoms in total. The Morgan fingerprint density at radius 3 is 2.44 bits per heavy atom. The van der Waals surface area contributed by atoms with Crippen LogP contribution in [0.15, 0.2) is 65.2 Å². The standard InChI is InChI=1S/C20H16BrNO3/c1-13-16-8-4-5-9-17(16)19(23)22(13)12-15(20(24)25-2)11-14-7-3-6-10-18(14)21/h3-11H,1,12H2,2H3/b15-11-. The van der Waals surface area contributed by atoms with E-state index in [4.69, 9.17) is 4.74 Å². The number of ether oxygens (including phenoxy) is 1. The normalized spacial score (nSPS) is 13.8. The molecular formula is C20H16BrNO3. The molecule has 0 aromatic heterocycles. The molecule has 2 aromatic carbocycles. The van der Waals surface area contributed by atoms with Crippen LogP contribution in [-0.2, 0) is 9.53 Å². The van der Waals surface area contributed by atoms with Gasteiger partial charge in [0.05, 0.1) is 19.2 Å². The fourth-order valence-corrected chi connectivity index (χ4v) is 3.15. The third-order valence-corrected chi connectivity index (χ3v) is 4.77. The van der Waals surface area contributed by atoms with E-state index in [0.29, 0.717) is 16.8 Å². The molecule has 3 rings (SSSR count). The highest BCUT2D eigenvalue weighted by Crippen LogP contribution is 2.32. The average molecular weight is 398 g/mol. The molecule has 126 valence electrons. The summed E-state index contributed by atoms with van der Waals surface area (Å²) in [6, 6.07) is 14.8. The second kappa shape index (κ2) is 7.07. The fraction of sp³-hybridized carbons (Fsp3) is 0.100. The summed E-state index contributed by atoms with van der Waals surface area (Å²) >= 11 is 3.46. The van der Waals surface area contributed by atoms with E-state index in [9.17, 15) is 9.59 Å². The van der Waals surface area contributed by atoms with E-state index in [0.717, 1.165) is 15.6 Å². The molecule has 0 atom stereocenters. The molecule has 2 aromatic rings. The predicted molar refractivity (Wildman–Crippen MR) is 101 cm³/mol. The van der Waals surface area contributed by atoms with Crippen LogP contribution in [-0.4, -0.2) is 30.4 Å². The Kier molecular flexibility index (Phi) is 4.86. The third-order valence-electron chi connectivity index (χ3n) is 4.05. The van der Waals surface area contributed by atoms with Gasteiger partial charge in [-0.2, -0.15) is 0 Å². The van der Waals surface area contributed by atoms with Crippen LogP contribution < -0.4 is 0 Å². The summed E-state index contributed by atoms with van der Waals surface area (Å²) in [5.74, 6) is -0.644. The molecule has 5 heteroatoms. The molecule has 1 heterocycles. The minimum Gasteiger partial charge on any atom is -0.466 e. The first-order valence-electron chi connectivity index (χ1n) is 7.66. The highest BCUT2D eigenvalue weighted by molar-refractivity contribution is 9.10. The van der Waals surface area contributed by atoms with Gasteiger partial charge in [0.2, 0.25) is 0 Å². The second-order valence-corrected chi connectivity index (χ2v) is 6.42. The lowest BCUT2D eigenvalue weighted by Gasteiger charge is -2.18. The number of carbonyl (C=O) groups is 2. The van der Waals surface area contributed by atoms with Crippen molar-refractivity contribution in [3.8, 4) is 0 Å². The molecule has 0 fully saturated rings. The van der Waals surface area contributed by atoms with Gasteiger partial charge in [-0.1, -0.05) is 58.9 Å². The Morgan fingerprint density at radius 2 is 1.80 bits per heavy atom. The van der Waals surface area contributed by atoms with Gasteiger partial charge in [0, 0.05) is 21.3 Å². The maximum Gasteiger partial charge on any atom is 0.335 e. The molecule has 1 aliphatic heterocycles. The first-order valence-corrected chi connectivity index (χ1v) is 8.46. The van der Waals surface area contributed by atoms with E-state index in [1.165, 1.54) is 12.0 Å². The number of esters is 1. The summed E-state index contributed by atoms with van der Waals surface area (Å²) in [7, 11) is 1.32. The zero-order valence-corrected chi connectivity index (χ0v) is 15.2. The number of fused-ring (bicyclic) bond motifs is 1. The van der Waals surface area contributed by atoms with E-state index in [-0.39, 0.29) is 12.5 Å². The van der Waals surface area contributed by atoms with Crippen LogP contribution in [0.5, 0.6) is 0 Å². The first kappa shape index (κ1) is 17.2. The van der Waals surface area contributed by atoms with Gasteiger partial charge in [-0.25, -0.2) is 4.79 Å². The van der Waals surface area contributed by atoms with Gasteiger partial charge in [-0.05, 0) is 23.8 Å². The van der Waals surface area contributed by atoms with Crippen molar-refractivity contribution >= 4 is 39.6 Å². The van der Waals surface area contributed by atoms with Crippen molar-refractivity contribution in [1.29, 1.82) is 0 Å². The van der Waals surface area contributed by atoms with E-state index < -0.39 is 5.97 Å². The lowest BCUT2D eigenvalue weighted by Crippen LogP contribution is -2.28. The Morgan fingerprint density at radius 1 is 1.16 bits per heavy atom. The maximum atomic E-state index is 12.6. The molecule has 0 saturated heterocycles. The highest BCUT2D eigenvalue weighted by atomic mass is 79.9. The molecular weight excluding hydrogens is 382 g/mol. The van der Waals surface area contributed by atoms with Crippen molar-refractivity contribution in [2.45, 2.75) is 0 Å². The lowest BCUT2D eigenvalue weighted by atomic mass is 10.1. The Labute approximate surface area is 154 Å². The molecule has 0 aliphatic carbocycles. The summed E-state index contributed by atoms with van der Waals surface area (Å²) in [6.45, 7) is 4.10. The SMILES string of the molecule is C=C1c2ccccc2C(=O)N1C/C(=C/c1ccccc1Br)C(=O)OC. The van der Waals surface area contributed by atoms with Gasteiger partial charge in [0.15, 0.2) is 0 Å². The number of halogens is 1. The zero-order chi connectivity index (χ0) is 18.0. The van der Waals surface area contributed by atoms with Gasteiger partial charge in [0.1, 0.15) is 0 Å². The number of rotatable bonds is 4. The smallest absolute Gasteiger partial charge is 0.335 e. The molecule has 0 bridgehead atoms. The fourth-order valence-electron chi connectivity index (χ4n) is 2.75. The summed E-state index contributed by atoms with van der Waals surface area (Å²) in [5.41, 5.74) is 3.17. The number of benzene rings is 2. The topological polar surface area (TPSA) is 46.6 Å². The van der Waals surface area contributed by atoms with Crippen LogP contribution >= 0.6 is 15.9 Å². The van der Waals surface area contributed by atoms with Crippen molar-refractivity contribution in [3.05, 3.63) is 81.8 Å². The molecule has 0 unspecified atom stereocenters. The van der Waals surface area contributed by atoms with Crippen molar-refractivity contribution in [1.82, 2.24) is 4.90 Å². The van der Waals surface area contributed by atoms with Crippen molar-refractivity contribution in [3.63, 3.8) is 0 Å².